The van der Waals surface area contributed by atoms with Crippen LogP contribution in [0.2, 0.25) is 0 Å². The molecule has 0 spiro atoms. The lowest BCUT2D eigenvalue weighted by molar-refractivity contribution is 0.414. The summed E-state index contributed by atoms with van der Waals surface area (Å²) in [6.45, 7) is 0. The normalized spacial score (nSPS) is 11.7. The summed E-state index contributed by atoms with van der Waals surface area (Å²) in [4.78, 5) is 5.05. The van der Waals surface area contributed by atoms with E-state index < -0.39 is 10.0 Å². The van der Waals surface area contributed by atoms with Gasteiger partial charge >= 0.3 is 0 Å². The van der Waals surface area contributed by atoms with Crippen LogP contribution in [0.15, 0.2) is 52.9 Å². The van der Waals surface area contributed by atoms with Crippen LogP contribution in [0.1, 0.15) is 0 Å². The van der Waals surface area contributed by atoms with Crippen molar-refractivity contribution in [3.63, 3.8) is 0 Å². The van der Waals surface area contributed by atoms with Crippen LogP contribution in [-0.4, -0.2) is 37.2 Å². The Kier molecular flexibility index (Phi) is 4.53. The van der Waals surface area contributed by atoms with Crippen molar-refractivity contribution in [2.75, 3.05) is 14.2 Å². The number of rotatable bonds is 5. The predicted octanol–water partition coefficient (Wildman–Crippen LogP) is 2.79. The van der Waals surface area contributed by atoms with Crippen molar-refractivity contribution >= 4 is 26.3 Å². The summed E-state index contributed by atoms with van der Waals surface area (Å²) in [7, 11) is -0.729. The van der Waals surface area contributed by atoms with Crippen molar-refractivity contribution in [3.05, 3.63) is 48.5 Å². The molecule has 0 unspecified atom stereocenters. The topological polar surface area (TPSA) is 109 Å². The number of ether oxygens (including phenoxy) is 2. The molecule has 2 N–H and O–H groups in total. The maximum Gasteiger partial charge on any atom is 0.267 e. The molecule has 4 aromatic rings. The van der Waals surface area contributed by atoms with Gasteiger partial charge in [0, 0.05) is 11.1 Å². The fraction of sp³-hybridized carbons (Fsp3) is 0.111. The van der Waals surface area contributed by atoms with Crippen molar-refractivity contribution in [2.24, 2.45) is 5.14 Å². The molecule has 0 bridgehead atoms. The van der Waals surface area contributed by atoms with Crippen LogP contribution >= 0.6 is 11.3 Å². The van der Waals surface area contributed by atoms with Gasteiger partial charge in [-0.25, -0.2) is 23.1 Å². The van der Waals surface area contributed by atoms with Crippen LogP contribution in [0, 0.1) is 0 Å². The number of hydrogen-bond acceptors (Lipinski definition) is 7. The lowest BCUT2D eigenvalue weighted by Crippen LogP contribution is -2.12. The summed E-state index contributed by atoms with van der Waals surface area (Å²) < 4.78 is 35.2. The Balaban J connectivity index is 1.96. The number of sulfonamides is 1. The summed E-state index contributed by atoms with van der Waals surface area (Å²) in [6.07, 6.45) is 0. The number of nitrogens with two attached hydrogens (primary N) is 1. The fourth-order valence-electron chi connectivity index (χ4n) is 2.80. The van der Waals surface area contributed by atoms with Gasteiger partial charge in [0.1, 0.15) is 22.9 Å². The van der Waals surface area contributed by atoms with Gasteiger partial charge in [0.25, 0.3) is 10.0 Å². The SMILES string of the molecule is COc1ccc(-c2nc3sc(S(N)(=O)=O)nn3c2-c2ccc(OC)cc2)cc1. The van der Waals surface area contributed by atoms with E-state index in [1.807, 2.05) is 48.5 Å². The van der Waals surface area contributed by atoms with E-state index in [0.29, 0.717) is 22.1 Å². The van der Waals surface area contributed by atoms with Crippen molar-refractivity contribution in [3.8, 4) is 34.0 Å². The molecule has 28 heavy (non-hydrogen) atoms. The number of benzene rings is 2. The molecule has 2 aromatic carbocycles. The number of methoxy groups -OCH3 is 2. The Morgan fingerprint density at radius 2 is 1.46 bits per heavy atom. The average Bonchev–Trinajstić information content (AvgIpc) is 3.26. The van der Waals surface area contributed by atoms with Gasteiger partial charge in [0.05, 0.1) is 14.2 Å². The van der Waals surface area contributed by atoms with Crippen LogP contribution < -0.4 is 14.6 Å². The fourth-order valence-corrected chi connectivity index (χ4v) is 4.32. The molecular formula is C18H16N4O4S2. The second-order valence-electron chi connectivity index (χ2n) is 5.87. The molecule has 0 atom stereocenters. The molecule has 8 nitrogen and oxygen atoms in total. The third kappa shape index (κ3) is 3.21. The highest BCUT2D eigenvalue weighted by atomic mass is 32.2. The Labute approximate surface area is 165 Å². The van der Waals surface area contributed by atoms with E-state index >= 15 is 0 Å². The van der Waals surface area contributed by atoms with E-state index in [-0.39, 0.29) is 4.34 Å². The van der Waals surface area contributed by atoms with Crippen LogP contribution in [0.4, 0.5) is 0 Å². The van der Waals surface area contributed by atoms with Crippen molar-refractivity contribution < 1.29 is 17.9 Å². The van der Waals surface area contributed by atoms with Crippen molar-refractivity contribution in [1.82, 2.24) is 14.6 Å². The first-order valence-electron chi connectivity index (χ1n) is 8.12. The van der Waals surface area contributed by atoms with Crippen LogP contribution in [-0.2, 0) is 10.0 Å². The highest BCUT2D eigenvalue weighted by Gasteiger charge is 2.23. The first-order chi connectivity index (χ1) is 13.4. The smallest absolute Gasteiger partial charge is 0.267 e. The zero-order chi connectivity index (χ0) is 19.9. The van der Waals surface area contributed by atoms with E-state index in [1.54, 1.807) is 14.2 Å². The summed E-state index contributed by atoms with van der Waals surface area (Å²) in [6, 6.07) is 14.8. The van der Waals surface area contributed by atoms with Gasteiger partial charge in [-0.15, -0.1) is 5.10 Å². The van der Waals surface area contributed by atoms with Crippen molar-refractivity contribution in [1.29, 1.82) is 0 Å². The van der Waals surface area contributed by atoms with Gasteiger partial charge in [0.15, 0.2) is 0 Å². The zero-order valence-corrected chi connectivity index (χ0v) is 16.6. The third-order valence-corrected chi connectivity index (χ3v) is 6.37. The molecule has 0 aliphatic heterocycles. The van der Waals surface area contributed by atoms with Crippen LogP contribution in [0.5, 0.6) is 11.5 Å². The Morgan fingerprint density at radius 3 is 1.96 bits per heavy atom. The minimum Gasteiger partial charge on any atom is -0.497 e. The van der Waals surface area contributed by atoms with Crippen LogP contribution in [0.3, 0.4) is 0 Å². The molecule has 4 rings (SSSR count). The summed E-state index contributed by atoms with van der Waals surface area (Å²) in [5.41, 5.74) is 2.99. The molecule has 0 aliphatic rings. The summed E-state index contributed by atoms with van der Waals surface area (Å²) in [5.74, 6) is 1.43. The van der Waals surface area contributed by atoms with E-state index in [1.165, 1.54) is 4.52 Å². The van der Waals surface area contributed by atoms with E-state index in [9.17, 15) is 8.42 Å². The minimum absolute atomic E-state index is 0.189. The maximum absolute atomic E-state index is 11.7. The number of primary sulfonamides is 1. The zero-order valence-electron chi connectivity index (χ0n) is 15.0. The molecule has 0 saturated heterocycles. The lowest BCUT2D eigenvalue weighted by Gasteiger charge is -2.06. The number of aromatic nitrogens is 3. The van der Waals surface area contributed by atoms with Gasteiger partial charge in [0.2, 0.25) is 9.30 Å². The average molecular weight is 416 g/mol. The number of imidazole rings is 1. The number of hydrogen-bond donors (Lipinski definition) is 1. The minimum atomic E-state index is -3.92. The van der Waals surface area contributed by atoms with Gasteiger partial charge in [-0.3, -0.25) is 0 Å². The quantitative estimate of drug-likeness (QED) is 0.536. The Bertz CT molecular complexity index is 1240. The largest absolute Gasteiger partial charge is 0.497 e. The summed E-state index contributed by atoms with van der Waals surface area (Å²) >= 11 is 0.922. The summed E-state index contributed by atoms with van der Waals surface area (Å²) in [5, 5.41) is 9.42. The monoisotopic (exact) mass is 416 g/mol. The molecule has 2 aromatic heterocycles. The van der Waals surface area contributed by atoms with E-state index in [4.69, 9.17) is 14.6 Å². The number of fused-ring (bicyclic) bond motifs is 1. The highest BCUT2D eigenvalue weighted by Crippen LogP contribution is 2.36. The molecule has 0 radical (unpaired) electrons. The molecule has 144 valence electrons. The molecule has 0 aliphatic carbocycles. The molecule has 10 heteroatoms. The lowest BCUT2D eigenvalue weighted by atomic mass is 10.0. The van der Waals surface area contributed by atoms with E-state index in [2.05, 4.69) is 10.1 Å². The van der Waals surface area contributed by atoms with Gasteiger partial charge < -0.3 is 9.47 Å². The predicted molar refractivity (Wildman–Crippen MR) is 106 cm³/mol. The second kappa shape index (κ2) is 6.89. The van der Waals surface area contributed by atoms with Crippen LogP contribution in [0.25, 0.3) is 27.5 Å². The first kappa shape index (κ1) is 18.4. The second-order valence-corrected chi connectivity index (χ2v) is 8.56. The highest BCUT2D eigenvalue weighted by molar-refractivity contribution is 7.91. The Hall–Kier alpha value is -2.95. The maximum atomic E-state index is 11.7. The molecule has 0 amide bonds. The molecule has 0 saturated carbocycles. The third-order valence-electron chi connectivity index (χ3n) is 4.16. The first-order valence-corrected chi connectivity index (χ1v) is 10.5. The van der Waals surface area contributed by atoms with Gasteiger partial charge in [-0.2, -0.15) is 0 Å². The Morgan fingerprint density at radius 1 is 0.929 bits per heavy atom. The molecule has 2 heterocycles. The molecular weight excluding hydrogens is 400 g/mol. The number of nitrogens with zero attached hydrogens (tertiary/aromatic N) is 3. The van der Waals surface area contributed by atoms with Gasteiger partial charge in [-0.1, -0.05) is 11.3 Å². The van der Waals surface area contributed by atoms with Gasteiger partial charge in [-0.05, 0) is 48.5 Å². The van der Waals surface area contributed by atoms with Crippen molar-refractivity contribution in [2.45, 2.75) is 4.34 Å². The standard InChI is InChI=1S/C18H16N4O4S2/c1-25-13-7-3-11(4-8-13)15-16(12-5-9-14(26-2)10-6-12)22-17(20-15)27-18(21-22)28(19,23)24/h3-10H,1-2H3,(H2,19,23,24). The van der Waals surface area contributed by atoms with E-state index in [0.717, 1.165) is 28.2 Å². The molecule has 0 fully saturated rings.